The number of nitrogens with two attached hydrogens (primary N) is 1. The highest BCUT2D eigenvalue weighted by Crippen LogP contribution is 2.13. The van der Waals surface area contributed by atoms with Crippen molar-refractivity contribution in [1.82, 2.24) is 9.80 Å². The van der Waals surface area contributed by atoms with E-state index in [1.54, 1.807) is 0 Å². The van der Waals surface area contributed by atoms with Crippen molar-refractivity contribution in [2.45, 2.75) is 44.7 Å². The third-order valence-corrected chi connectivity index (χ3v) is 3.74. The maximum atomic E-state index is 9.12. The number of nitrogens with zero attached hydrogens (tertiary/aromatic N) is 2. The molecule has 4 heteroatoms. The third-order valence-electron chi connectivity index (χ3n) is 3.74. The fourth-order valence-corrected chi connectivity index (χ4v) is 2.52. The van der Waals surface area contributed by atoms with Gasteiger partial charge in [-0.15, -0.1) is 0 Å². The minimum absolute atomic E-state index is 0.0747. The fraction of sp³-hybridized carbons (Fsp3) is 1.00. The highest BCUT2D eigenvalue weighted by molar-refractivity contribution is 4.80. The number of hydrogen-bond donors (Lipinski definition) is 2. The van der Waals surface area contributed by atoms with Crippen molar-refractivity contribution in [3.05, 3.63) is 0 Å². The van der Waals surface area contributed by atoms with Crippen LogP contribution in [-0.4, -0.2) is 66.3 Å². The molecule has 0 aliphatic carbocycles. The Morgan fingerprint density at radius 3 is 2.76 bits per heavy atom. The van der Waals surface area contributed by atoms with Crippen LogP contribution < -0.4 is 5.73 Å². The molecule has 2 atom stereocenters. The molecule has 0 radical (unpaired) electrons. The summed E-state index contributed by atoms with van der Waals surface area (Å²) in [5.74, 6) is 0. The molecule has 0 spiro atoms. The summed E-state index contributed by atoms with van der Waals surface area (Å²) >= 11 is 0. The summed E-state index contributed by atoms with van der Waals surface area (Å²) in [4.78, 5) is 4.96. The molecule has 2 unspecified atom stereocenters. The minimum Gasteiger partial charge on any atom is -0.394 e. The van der Waals surface area contributed by atoms with Crippen LogP contribution in [-0.2, 0) is 0 Å². The van der Waals surface area contributed by atoms with Crippen molar-refractivity contribution in [3.63, 3.8) is 0 Å². The van der Waals surface area contributed by atoms with Crippen LogP contribution >= 0.6 is 0 Å². The predicted octanol–water partition coefficient (Wildman–Crippen LogP) is 0.502. The monoisotopic (exact) mass is 243 g/mol. The van der Waals surface area contributed by atoms with Gasteiger partial charge in [0.25, 0.3) is 0 Å². The highest BCUT2D eigenvalue weighted by Gasteiger charge is 2.21. The zero-order valence-electron chi connectivity index (χ0n) is 11.7. The molecular weight excluding hydrogens is 214 g/mol. The van der Waals surface area contributed by atoms with Gasteiger partial charge in [0.2, 0.25) is 0 Å². The topological polar surface area (TPSA) is 52.7 Å². The summed E-state index contributed by atoms with van der Waals surface area (Å²) in [5.41, 5.74) is 5.53. The van der Waals surface area contributed by atoms with E-state index in [2.05, 4.69) is 23.8 Å². The van der Waals surface area contributed by atoms with Crippen LogP contribution in [0, 0.1) is 0 Å². The Hall–Kier alpha value is -0.160. The van der Waals surface area contributed by atoms with E-state index in [0.717, 1.165) is 25.9 Å². The lowest BCUT2D eigenvalue weighted by molar-refractivity contribution is 0.171. The maximum Gasteiger partial charge on any atom is 0.0608 e. The second-order valence-corrected chi connectivity index (χ2v) is 5.92. The van der Waals surface area contributed by atoms with Crippen molar-refractivity contribution in [1.29, 1.82) is 0 Å². The molecule has 0 saturated carbocycles. The van der Waals surface area contributed by atoms with Gasteiger partial charge in [-0.2, -0.15) is 0 Å². The Balaban J connectivity index is 2.30. The van der Waals surface area contributed by atoms with Gasteiger partial charge in [0.1, 0.15) is 0 Å². The minimum atomic E-state index is -0.411. The average Bonchev–Trinajstić information content (AvgIpc) is 2.41. The lowest BCUT2D eigenvalue weighted by Gasteiger charge is -2.29. The molecule has 3 N–H and O–H groups in total. The second-order valence-electron chi connectivity index (χ2n) is 5.92. The van der Waals surface area contributed by atoms with Crippen LogP contribution in [0.25, 0.3) is 0 Å². The predicted molar refractivity (Wildman–Crippen MR) is 72.1 cm³/mol. The van der Waals surface area contributed by atoms with Crippen LogP contribution in [0.5, 0.6) is 0 Å². The molecule has 1 aliphatic heterocycles. The van der Waals surface area contributed by atoms with E-state index in [4.69, 9.17) is 10.8 Å². The Morgan fingerprint density at radius 2 is 2.12 bits per heavy atom. The van der Waals surface area contributed by atoms with Crippen LogP contribution in [0.15, 0.2) is 0 Å². The number of aliphatic hydroxyl groups excluding tert-OH is 1. The summed E-state index contributed by atoms with van der Waals surface area (Å²) in [5, 5.41) is 9.12. The van der Waals surface area contributed by atoms with E-state index in [1.165, 1.54) is 19.5 Å². The first kappa shape index (κ1) is 14.9. The number of hydrogen-bond acceptors (Lipinski definition) is 4. The van der Waals surface area contributed by atoms with Gasteiger partial charge in [0.05, 0.1) is 6.61 Å². The summed E-state index contributed by atoms with van der Waals surface area (Å²) in [6.07, 6.45) is 3.21. The largest absolute Gasteiger partial charge is 0.394 e. The van der Waals surface area contributed by atoms with Crippen molar-refractivity contribution in [2.75, 3.05) is 39.8 Å². The fourth-order valence-electron chi connectivity index (χ4n) is 2.52. The molecule has 0 aromatic carbocycles. The molecule has 0 amide bonds. The molecule has 1 saturated heterocycles. The Bertz CT molecular complexity index is 221. The van der Waals surface area contributed by atoms with E-state index in [9.17, 15) is 0 Å². The molecule has 102 valence electrons. The Morgan fingerprint density at radius 1 is 1.41 bits per heavy atom. The lowest BCUT2D eigenvalue weighted by atomic mass is 9.98. The van der Waals surface area contributed by atoms with E-state index >= 15 is 0 Å². The molecule has 1 heterocycles. The molecule has 4 nitrogen and oxygen atoms in total. The molecule has 0 aromatic rings. The summed E-state index contributed by atoms with van der Waals surface area (Å²) in [6.45, 7) is 8.94. The summed E-state index contributed by atoms with van der Waals surface area (Å²) in [6, 6.07) is 0.626. The Kier molecular flexibility index (Phi) is 5.86. The van der Waals surface area contributed by atoms with Crippen molar-refractivity contribution < 1.29 is 5.11 Å². The third kappa shape index (κ3) is 5.34. The second kappa shape index (κ2) is 6.69. The number of likely N-dealkylation sites (N-methyl/N-ethyl adjacent to an activating group) is 1. The molecule has 17 heavy (non-hydrogen) atoms. The summed E-state index contributed by atoms with van der Waals surface area (Å²) < 4.78 is 0. The van der Waals surface area contributed by atoms with Gasteiger partial charge in [-0.25, -0.2) is 0 Å². The zero-order valence-corrected chi connectivity index (χ0v) is 11.7. The van der Waals surface area contributed by atoms with Crippen LogP contribution in [0.2, 0.25) is 0 Å². The first-order valence-electron chi connectivity index (χ1n) is 6.77. The molecular formula is C13H29N3O. The van der Waals surface area contributed by atoms with Gasteiger partial charge in [-0.05, 0) is 59.8 Å². The van der Waals surface area contributed by atoms with Gasteiger partial charge < -0.3 is 15.7 Å². The van der Waals surface area contributed by atoms with E-state index < -0.39 is 5.54 Å². The van der Waals surface area contributed by atoms with Gasteiger partial charge in [-0.3, -0.25) is 4.90 Å². The van der Waals surface area contributed by atoms with Gasteiger partial charge in [0, 0.05) is 18.1 Å². The zero-order chi connectivity index (χ0) is 12.9. The van der Waals surface area contributed by atoms with Gasteiger partial charge >= 0.3 is 0 Å². The summed E-state index contributed by atoms with van der Waals surface area (Å²) in [7, 11) is 2.20. The van der Waals surface area contributed by atoms with Crippen molar-refractivity contribution in [2.24, 2.45) is 5.73 Å². The van der Waals surface area contributed by atoms with Crippen molar-refractivity contribution >= 4 is 0 Å². The lowest BCUT2D eigenvalue weighted by Crippen LogP contribution is -2.42. The Labute approximate surface area is 106 Å². The van der Waals surface area contributed by atoms with Crippen LogP contribution in [0.1, 0.15) is 33.1 Å². The van der Waals surface area contributed by atoms with Crippen LogP contribution in [0.4, 0.5) is 0 Å². The normalized spacial score (nSPS) is 27.7. The van der Waals surface area contributed by atoms with Crippen LogP contribution in [0.3, 0.4) is 0 Å². The first-order chi connectivity index (χ1) is 7.94. The molecule has 1 aliphatic rings. The van der Waals surface area contributed by atoms with E-state index in [-0.39, 0.29) is 6.61 Å². The SMILES string of the molecule is CC1CN(C)CCCN1CCCC(C)(N)CO. The molecule has 1 fully saturated rings. The number of aliphatic hydroxyl groups is 1. The van der Waals surface area contributed by atoms with Crippen molar-refractivity contribution in [3.8, 4) is 0 Å². The standard InChI is InChI=1S/C13H29N3O/c1-12-10-15(3)7-5-9-16(12)8-4-6-13(2,14)11-17/h12,17H,4-11,14H2,1-3H3. The molecule has 0 aromatic heterocycles. The molecule has 1 rings (SSSR count). The smallest absolute Gasteiger partial charge is 0.0608 e. The molecule has 0 bridgehead atoms. The quantitative estimate of drug-likeness (QED) is 0.738. The number of rotatable bonds is 5. The van der Waals surface area contributed by atoms with Gasteiger partial charge in [-0.1, -0.05) is 0 Å². The first-order valence-corrected chi connectivity index (χ1v) is 6.77. The van der Waals surface area contributed by atoms with E-state index in [0.29, 0.717) is 6.04 Å². The highest BCUT2D eigenvalue weighted by atomic mass is 16.3. The van der Waals surface area contributed by atoms with E-state index in [1.807, 2.05) is 6.92 Å². The maximum absolute atomic E-state index is 9.12. The average molecular weight is 243 g/mol. The van der Waals surface area contributed by atoms with Gasteiger partial charge in [0.15, 0.2) is 0 Å².